The lowest BCUT2D eigenvalue weighted by Gasteiger charge is -2.30. The van der Waals surface area contributed by atoms with E-state index in [2.05, 4.69) is 17.4 Å². The predicted octanol–water partition coefficient (Wildman–Crippen LogP) is 2.19. The maximum absolute atomic E-state index is 5.75. The Labute approximate surface area is 132 Å². The van der Waals surface area contributed by atoms with Crippen LogP contribution in [0.3, 0.4) is 0 Å². The SMILES string of the molecule is CN1CCSCC1c1nc(NN)c2c3c(sc2n1)CCC3. The molecule has 0 spiro atoms. The zero-order chi connectivity index (χ0) is 14.4. The van der Waals surface area contributed by atoms with Gasteiger partial charge in [-0.25, -0.2) is 15.8 Å². The Kier molecular flexibility index (Phi) is 3.53. The highest BCUT2D eigenvalue weighted by molar-refractivity contribution is 7.99. The Bertz CT molecular complexity index is 684. The minimum absolute atomic E-state index is 0.289. The molecule has 1 saturated heterocycles. The van der Waals surface area contributed by atoms with Crippen LogP contribution in [-0.4, -0.2) is 40.0 Å². The maximum Gasteiger partial charge on any atom is 0.152 e. The van der Waals surface area contributed by atoms with E-state index in [1.165, 1.54) is 29.0 Å². The summed E-state index contributed by atoms with van der Waals surface area (Å²) in [5.74, 6) is 9.70. The number of nitrogens with one attached hydrogen (secondary N) is 1. The van der Waals surface area contributed by atoms with Gasteiger partial charge in [0.2, 0.25) is 0 Å². The molecule has 0 bridgehead atoms. The van der Waals surface area contributed by atoms with Crippen LogP contribution in [0.1, 0.15) is 28.7 Å². The molecule has 112 valence electrons. The van der Waals surface area contributed by atoms with Crippen LogP contribution in [0.4, 0.5) is 5.82 Å². The van der Waals surface area contributed by atoms with Crippen molar-refractivity contribution in [1.29, 1.82) is 0 Å². The van der Waals surface area contributed by atoms with Crippen molar-refractivity contribution in [2.45, 2.75) is 25.3 Å². The quantitative estimate of drug-likeness (QED) is 0.653. The molecule has 3 heterocycles. The summed E-state index contributed by atoms with van der Waals surface area (Å²) in [7, 11) is 2.15. The minimum atomic E-state index is 0.289. The molecule has 1 aliphatic heterocycles. The number of nitrogens with two attached hydrogens (primary N) is 1. The molecule has 1 fully saturated rings. The lowest BCUT2D eigenvalue weighted by molar-refractivity contribution is 0.265. The first kappa shape index (κ1) is 13.8. The van der Waals surface area contributed by atoms with E-state index in [4.69, 9.17) is 15.8 Å². The lowest BCUT2D eigenvalue weighted by atomic mass is 10.2. The number of nitrogens with zero attached hydrogens (tertiary/aromatic N) is 3. The van der Waals surface area contributed by atoms with Crippen molar-refractivity contribution in [2.24, 2.45) is 5.84 Å². The minimum Gasteiger partial charge on any atom is -0.308 e. The van der Waals surface area contributed by atoms with Crippen molar-refractivity contribution in [3.05, 3.63) is 16.3 Å². The van der Waals surface area contributed by atoms with Crippen molar-refractivity contribution in [2.75, 3.05) is 30.5 Å². The molecule has 2 aromatic rings. The second-order valence-electron chi connectivity index (χ2n) is 5.68. The number of hydrogen-bond acceptors (Lipinski definition) is 7. The zero-order valence-electron chi connectivity index (χ0n) is 12.1. The molecule has 7 heteroatoms. The van der Waals surface area contributed by atoms with Gasteiger partial charge in [0.05, 0.1) is 11.4 Å². The molecule has 0 saturated carbocycles. The van der Waals surface area contributed by atoms with Gasteiger partial charge in [-0.1, -0.05) is 0 Å². The fraction of sp³-hybridized carbons (Fsp3) is 0.571. The fourth-order valence-electron chi connectivity index (χ4n) is 3.22. The first-order valence-electron chi connectivity index (χ1n) is 7.34. The summed E-state index contributed by atoms with van der Waals surface area (Å²) in [5, 5.41) is 1.16. The van der Waals surface area contributed by atoms with Gasteiger partial charge in [0.15, 0.2) is 5.82 Å². The van der Waals surface area contributed by atoms with E-state index in [9.17, 15) is 0 Å². The Balaban J connectivity index is 1.84. The van der Waals surface area contributed by atoms with E-state index in [-0.39, 0.29) is 6.04 Å². The molecule has 5 nitrogen and oxygen atoms in total. The summed E-state index contributed by atoms with van der Waals surface area (Å²) < 4.78 is 0. The van der Waals surface area contributed by atoms with Gasteiger partial charge in [0.1, 0.15) is 10.7 Å². The Morgan fingerprint density at radius 2 is 2.24 bits per heavy atom. The highest BCUT2D eigenvalue weighted by Gasteiger charge is 2.27. The highest BCUT2D eigenvalue weighted by atomic mass is 32.2. The van der Waals surface area contributed by atoms with Gasteiger partial charge in [-0.2, -0.15) is 11.8 Å². The van der Waals surface area contributed by atoms with E-state index in [1.54, 1.807) is 0 Å². The Morgan fingerprint density at radius 3 is 3.05 bits per heavy atom. The van der Waals surface area contributed by atoms with Crippen molar-refractivity contribution >= 4 is 39.1 Å². The third-order valence-electron chi connectivity index (χ3n) is 4.41. The van der Waals surface area contributed by atoms with Crippen LogP contribution in [-0.2, 0) is 12.8 Å². The number of aryl methyl sites for hydroxylation is 2. The summed E-state index contributed by atoms with van der Waals surface area (Å²) >= 11 is 3.80. The lowest BCUT2D eigenvalue weighted by Crippen LogP contribution is -2.34. The van der Waals surface area contributed by atoms with Gasteiger partial charge in [-0.15, -0.1) is 11.3 Å². The number of thiophene rings is 1. The van der Waals surface area contributed by atoms with Crippen LogP contribution in [0.25, 0.3) is 10.2 Å². The first-order valence-corrected chi connectivity index (χ1v) is 9.32. The number of nitrogen functional groups attached to an aromatic ring is 1. The fourth-order valence-corrected chi connectivity index (χ4v) is 5.70. The van der Waals surface area contributed by atoms with Crippen molar-refractivity contribution in [3.8, 4) is 0 Å². The van der Waals surface area contributed by atoms with Gasteiger partial charge in [-0.05, 0) is 31.9 Å². The van der Waals surface area contributed by atoms with E-state index >= 15 is 0 Å². The maximum atomic E-state index is 5.75. The molecular formula is C14H19N5S2. The van der Waals surface area contributed by atoms with Crippen molar-refractivity contribution < 1.29 is 0 Å². The summed E-state index contributed by atoms with van der Waals surface area (Å²) in [6, 6.07) is 0.289. The standard InChI is InChI=1S/C14H19N5S2/c1-19-5-6-20-7-9(19)12-16-13(18-15)11-8-3-2-4-10(8)21-14(11)17-12/h9H,2-7,15H2,1H3,(H,16,17,18). The van der Waals surface area contributed by atoms with Crippen LogP contribution in [0.15, 0.2) is 0 Å². The highest BCUT2D eigenvalue weighted by Crippen LogP contribution is 2.40. The van der Waals surface area contributed by atoms with Crippen molar-refractivity contribution in [1.82, 2.24) is 14.9 Å². The summed E-state index contributed by atoms with van der Waals surface area (Å²) in [5.41, 5.74) is 4.23. The average molecular weight is 321 g/mol. The van der Waals surface area contributed by atoms with E-state index in [0.717, 1.165) is 40.6 Å². The van der Waals surface area contributed by atoms with E-state index in [1.807, 2.05) is 23.1 Å². The van der Waals surface area contributed by atoms with Crippen molar-refractivity contribution in [3.63, 3.8) is 0 Å². The predicted molar refractivity (Wildman–Crippen MR) is 89.9 cm³/mol. The number of rotatable bonds is 2. The van der Waals surface area contributed by atoms with Gasteiger partial charge >= 0.3 is 0 Å². The molecule has 4 rings (SSSR count). The second kappa shape index (κ2) is 5.39. The monoisotopic (exact) mass is 321 g/mol. The molecule has 21 heavy (non-hydrogen) atoms. The van der Waals surface area contributed by atoms with Crippen LogP contribution in [0, 0.1) is 0 Å². The van der Waals surface area contributed by atoms with Crippen LogP contribution in [0.5, 0.6) is 0 Å². The summed E-state index contributed by atoms with van der Waals surface area (Å²) in [4.78, 5) is 14.5. The largest absolute Gasteiger partial charge is 0.308 e. The topological polar surface area (TPSA) is 67.1 Å². The van der Waals surface area contributed by atoms with Gasteiger partial charge < -0.3 is 5.43 Å². The summed E-state index contributed by atoms with van der Waals surface area (Å²) in [6.45, 7) is 1.09. The molecule has 1 atom stereocenters. The van der Waals surface area contributed by atoms with Crippen LogP contribution >= 0.6 is 23.1 Å². The molecule has 0 radical (unpaired) electrons. The van der Waals surface area contributed by atoms with E-state index < -0.39 is 0 Å². The third-order valence-corrected chi connectivity index (χ3v) is 6.62. The third kappa shape index (κ3) is 2.23. The van der Waals surface area contributed by atoms with Crippen LogP contribution in [0.2, 0.25) is 0 Å². The Morgan fingerprint density at radius 1 is 1.33 bits per heavy atom. The number of thioether (sulfide) groups is 1. The number of anilines is 1. The second-order valence-corrected chi connectivity index (χ2v) is 7.92. The smallest absolute Gasteiger partial charge is 0.152 e. The van der Waals surface area contributed by atoms with Crippen LogP contribution < -0.4 is 11.3 Å². The Hall–Kier alpha value is -0.890. The molecule has 2 aromatic heterocycles. The average Bonchev–Trinajstić information content (AvgIpc) is 3.07. The zero-order valence-corrected chi connectivity index (χ0v) is 13.7. The van der Waals surface area contributed by atoms with Gasteiger partial charge in [0.25, 0.3) is 0 Å². The molecule has 2 aliphatic rings. The molecule has 1 unspecified atom stereocenters. The number of hydrazine groups is 1. The molecule has 1 aliphatic carbocycles. The van der Waals surface area contributed by atoms with Gasteiger partial charge in [0, 0.05) is 22.9 Å². The molecule has 0 amide bonds. The number of fused-ring (bicyclic) bond motifs is 3. The summed E-state index contributed by atoms with van der Waals surface area (Å²) in [6.07, 6.45) is 3.55. The van der Waals surface area contributed by atoms with E-state index in [0.29, 0.717) is 0 Å². The number of aromatic nitrogens is 2. The normalized spacial score (nSPS) is 22.7. The van der Waals surface area contributed by atoms with Gasteiger partial charge in [-0.3, -0.25) is 4.90 Å². The number of hydrogen-bond donors (Lipinski definition) is 2. The molecular weight excluding hydrogens is 302 g/mol. The first-order chi connectivity index (χ1) is 10.3. The molecule has 0 aromatic carbocycles. The molecule has 3 N–H and O–H groups in total.